The van der Waals surface area contributed by atoms with Gasteiger partial charge in [-0.05, 0) is 24.5 Å². The van der Waals surface area contributed by atoms with Gasteiger partial charge in [-0.1, -0.05) is 49.6 Å². The number of carbonyl (C=O) groups excluding carboxylic acids is 1. The number of ketones is 1. The van der Waals surface area contributed by atoms with Crippen LogP contribution in [0.5, 0.6) is 0 Å². The smallest absolute Gasteiger partial charge is 0.191 e. The Balaban J connectivity index is 2.07. The minimum absolute atomic E-state index is 0.225. The van der Waals surface area contributed by atoms with Crippen molar-refractivity contribution in [3.05, 3.63) is 53.9 Å². The molecule has 0 saturated heterocycles. The number of nitrogens with zero attached hydrogens (tertiary/aromatic N) is 2. The van der Waals surface area contributed by atoms with Gasteiger partial charge in [0.2, 0.25) is 0 Å². The number of aromatic nitrogens is 2. The molecule has 0 aliphatic heterocycles. The SMILES string of the molecule is Cn1nccc1C(=O)C1(c2ccccc2)CCCCC1. The zero-order valence-corrected chi connectivity index (χ0v) is 11.9. The average Bonchev–Trinajstić information content (AvgIpc) is 2.94. The Morgan fingerprint density at radius 2 is 1.80 bits per heavy atom. The second kappa shape index (κ2) is 5.23. The van der Waals surface area contributed by atoms with E-state index in [-0.39, 0.29) is 11.2 Å². The van der Waals surface area contributed by atoms with E-state index >= 15 is 0 Å². The van der Waals surface area contributed by atoms with E-state index in [9.17, 15) is 4.79 Å². The molecule has 0 amide bonds. The summed E-state index contributed by atoms with van der Waals surface area (Å²) in [7, 11) is 1.84. The number of rotatable bonds is 3. The maximum atomic E-state index is 13.1. The first kappa shape index (κ1) is 13.1. The van der Waals surface area contributed by atoms with Gasteiger partial charge in [0.15, 0.2) is 5.78 Å². The molecule has 3 heteroatoms. The van der Waals surface area contributed by atoms with Crippen LogP contribution in [-0.2, 0) is 12.5 Å². The van der Waals surface area contributed by atoms with E-state index in [0.29, 0.717) is 0 Å². The molecule has 104 valence electrons. The summed E-state index contributed by atoms with van der Waals surface area (Å²) in [6.07, 6.45) is 7.07. The molecule has 2 aromatic rings. The number of carbonyl (C=O) groups is 1. The predicted molar refractivity (Wildman–Crippen MR) is 78.7 cm³/mol. The molecule has 1 aromatic heterocycles. The molecular weight excluding hydrogens is 248 g/mol. The summed E-state index contributed by atoms with van der Waals surface area (Å²) in [5.41, 5.74) is 1.52. The van der Waals surface area contributed by atoms with Crippen LogP contribution in [-0.4, -0.2) is 15.6 Å². The van der Waals surface area contributed by atoms with Gasteiger partial charge in [0.1, 0.15) is 5.69 Å². The van der Waals surface area contributed by atoms with Gasteiger partial charge in [-0.3, -0.25) is 9.48 Å². The van der Waals surface area contributed by atoms with Crippen LogP contribution < -0.4 is 0 Å². The summed E-state index contributed by atoms with van der Waals surface area (Å²) in [6, 6.07) is 12.1. The first-order valence-electron chi connectivity index (χ1n) is 7.32. The standard InChI is InChI=1S/C17H20N2O/c1-19-15(10-13-18-19)16(20)17(11-6-3-7-12-17)14-8-4-2-5-9-14/h2,4-5,8-10,13H,3,6-7,11-12H2,1H3. The summed E-state index contributed by atoms with van der Waals surface area (Å²) in [6.45, 7) is 0. The molecule has 0 spiro atoms. The Labute approximate surface area is 119 Å². The molecular formula is C17H20N2O. The zero-order chi connectivity index (χ0) is 14.0. The van der Waals surface area contributed by atoms with E-state index in [1.54, 1.807) is 10.9 Å². The van der Waals surface area contributed by atoms with E-state index in [4.69, 9.17) is 0 Å². The van der Waals surface area contributed by atoms with Gasteiger partial charge < -0.3 is 0 Å². The lowest BCUT2D eigenvalue weighted by Gasteiger charge is -2.36. The van der Waals surface area contributed by atoms with E-state index in [0.717, 1.165) is 36.9 Å². The quantitative estimate of drug-likeness (QED) is 0.798. The second-order valence-corrected chi connectivity index (χ2v) is 5.68. The van der Waals surface area contributed by atoms with Crippen LogP contribution in [0.15, 0.2) is 42.6 Å². The van der Waals surface area contributed by atoms with Gasteiger partial charge in [-0.15, -0.1) is 0 Å². The van der Waals surface area contributed by atoms with Crippen molar-refractivity contribution in [1.29, 1.82) is 0 Å². The number of hydrogen-bond acceptors (Lipinski definition) is 2. The molecule has 1 aromatic carbocycles. The highest BCUT2D eigenvalue weighted by Crippen LogP contribution is 2.41. The Kier molecular flexibility index (Phi) is 3.43. The molecule has 0 bridgehead atoms. The molecule has 0 unspecified atom stereocenters. The lowest BCUT2D eigenvalue weighted by atomic mass is 9.66. The molecule has 0 radical (unpaired) electrons. The van der Waals surface area contributed by atoms with E-state index in [2.05, 4.69) is 17.2 Å². The summed E-state index contributed by atoms with van der Waals surface area (Å²) in [5, 5.41) is 4.15. The molecule has 0 N–H and O–H groups in total. The molecule has 0 atom stereocenters. The first-order chi connectivity index (χ1) is 9.74. The highest BCUT2D eigenvalue weighted by Gasteiger charge is 2.42. The van der Waals surface area contributed by atoms with Crippen molar-refractivity contribution in [3.63, 3.8) is 0 Å². The van der Waals surface area contributed by atoms with Crippen LogP contribution in [0.3, 0.4) is 0 Å². The first-order valence-corrected chi connectivity index (χ1v) is 7.32. The Morgan fingerprint density at radius 3 is 2.40 bits per heavy atom. The molecule has 20 heavy (non-hydrogen) atoms. The van der Waals surface area contributed by atoms with Crippen LogP contribution in [0.2, 0.25) is 0 Å². The fraction of sp³-hybridized carbons (Fsp3) is 0.412. The van der Waals surface area contributed by atoms with Crippen molar-refractivity contribution < 1.29 is 4.79 Å². The Morgan fingerprint density at radius 1 is 1.10 bits per heavy atom. The van der Waals surface area contributed by atoms with Gasteiger partial charge >= 0.3 is 0 Å². The Bertz CT molecular complexity index is 594. The lowest BCUT2D eigenvalue weighted by molar-refractivity contribution is 0.0829. The van der Waals surface area contributed by atoms with Gasteiger partial charge in [-0.25, -0.2) is 0 Å². The van der Waals surface area contributed by atoms with Crippen molar-refractivity contribution in [2.45, 2.75) is 37.5 Å². The van der Waals surface area contributed by atoms with Crippen molar-refractivity contribution in [3.8, 4) is 0 Å². The van der Waals surface area contributed by atoms with E-state index < -0.39 is 0 Å². The largest absolute Gasteiger partial charge is 0.291 e. The normalized spacial score (nSPS) is 17.9. The monoisotopic (exact) mass is 268 g/mol. The van der Waals surface area contributed by atoms with Crippen LogP contribution in [0.4, 0.5) is 0 Å². The van der Waals surface area contributed by atoms with Gasteiger partial charge in [0.05, 0.1) is 5.41 Å². The number of aryl methyl sites for hydroxylation is 1. The fourth-order valence-corrected chi connectivity index (χ4v) is 3.40. The Hall–Kier alpha value is -1.90. The molecule has 3 nitrogen and oxygen atoms in total. The van der Waals surface area contributed by atoms with Crippen molar-refractivity contribution in [1.82, 2.24) is 9.78 Å². The van der Waals surface area contributed by atoms with Gasteiger partial charge in [0.25, 0.3) is 0 Å². The van der Waals surface area contributed by atoms with E-state index in [1.165, 1.54) is 6.42 Å². The van der Waals surface area contributed by atoms with Gasteiger partial charge in [-0.2, -0.15) is 5.10 Å². The summed E-state index contributed by atoms with van der Waals surface area (Å²) in [5.74, 6) is 0.225. The summed E-state index contributed by atoms with van der Waals surface area (Å²) < 4.78 is 1.70. The molecule has 1 fully saturated rings. The molecule has 1 aliphatic rings. The van der Waals surface area contributed by atoms with Crippen LogP contribution in [0, 0.1) is 0 Å². The minimum Gasteiger partial charge on any atom is -0.291 e. The number of Topliss-reactive ketones (excluding diaryl/α,β-unsaturated/α-hetero) is 1. The maximum Gasteiger partial charge on any atom is 0.191 e. The molecule has 1 aliphatic carbocycles. The summed E-state index contributed by atoms with van der Waals surface area (Å²) >= 11 is 0. The van der Waals surface area contributed by atoms with Gasteiger partial charge in [0, 0.05) is 13.2 Å². The highest BCUT2D eigenvalue weighted by atomic mass is 16.1. The minimum atomic E-state index is -0.354. The van der Waals surface area contributed by atoms with Crippen molar-refractivity contribution in [2.24, 2.45) is 7.05 Å². The van der Waals surface area contributed by atoms with Crippen LogP contribution in [0.25, 0.3) is 0 Å². The number of benzene rings is 1. The van der Waals surface area contributed by atoms with Crippen LogP contribution in [0.1, 0.15) is 48.2 Å². The topological polar surface area (TPSA) is 34.9 Å². The highest BCUT2D eigenvalue weighted by molar-refractivity contribution is 6.03. The maximum absolute atomic E-state index is 13.1. The third kappa shape index (κ3) is 2.07. The fourth-order valence-electron chi connectivity index (χ4n) is 3.40. The molecule has 3 rings (SSSR count). The lowest BCUT2D eigenvalue weighted by Crippen LogP contribution is -2.39. The molecule has 1 heterocycles. The zero-order valence-electron chi connectivity index (χ0n) is 11.9. The third-order valence-electron chi connectivity index (χ3n) is 4.52. The average molecular weight is 268 g/mol. The number of hydrogen-bond donors (Lipinski definition) is 0. The predicted octanol–water partition coefficient (Wildman–Crippen LogP) is 3.50. The van der Waals surface area contributed by atoms with Crippen LogP contribution >= 0.6 is 0 Å². The third-order valence-corrected chi connectivity index (χ3v) is 4.52. The van der Waals surface area contributed by atoms with E-state index in [1.807, 2.05) is 31.3 Å². The molecule has 1 saturated carbocycles. The summed E-state index contributed by atoms with van der Waals surface area (Å²) in [4.78, 5) is 13.1. The van der Waals surface area contributed by atoms with Crippen molar-refractivity contribution in [2.75, 3.05) is 0 Å². The second-order valence-electron chi connectivity index (χ2n) is 5.68. The van der Waals surface area contributed by atoms with Crippen molar-refractivity contribution >= 4 is 5.78 Å².